The standard InChI is InChI=1S/C32H48N6O4/c1-4-32(42,15-17-34-30(40)23-26(2)27-9-6-5-7-10-27)24-38-25-33-16-13-28(11-8-12-31(38)41)35-29(39)14-18-37-21-19-36(3)20-22-37/h5-10,12-13,16,25-26,28,42H,4,11,14-15,17-24H2,1-3H3,(H,34,40)(H,35,39)/b12-8+,16-13+,33-25?/t26-,28?,32?/m1/s1. The van der Waals surface area contributed by atoms with Gasteiger partial charge in [-0.2, -0.15) is 0 Å². The molecule has 0 bridgehead atoms. The van der Waals surface area contributed by atoms with Crippen LogP contribution in [0.25, 0.3) is 0 Å². The molecule has 0 aromatic heterocycles. The molecule has 1 fully saturated rings. The van der Waals surface area contributed by atoms with E-state index in [1.807, 2.05) is 44.2 Å². The van der Waals surface area contributed by atoms with Gasteiger partial charge in [0.2, 0.25) is 11.8 Å². The summed E-state index contributed by atoms with van der Waals surface area (Å²) in [7, 11) is 2.11. The van der Waals surface area contributed by atoms with E-state index >= 15 is 0 Å². The number of carbonyl (C=O) groups excluding carboxylic acids is 3. The van der Waals surface area contributed by atoms with Gasteiger partial charge in [0.1, 0.15) is 0 Å². The maximum Gasteiger partial charge on any atom is 0.251 e. The summed E-state index contributed by atoms with van der Waals surface area (Å²) in [6, 6.07) is 9.63. The number of aliphatic imine (C=N–C) groups is 1. The minimum absolute atomic E-state index is 0.0272. The number of aliphatic hydroxyl groups is 1. The molecule has 3 amide bonds. The highest BCUT2D eigenvalue weighted by molar-refractivity contribution is 5.95. The largest absolute Gasteiger partial charge is 0.388 e. The molecule has 3 N–H and O–H groups in total. The maximum atomic E-state index is 12.9. The Labute approximate surface area is 250 Å². The summed E-state index contributed by atoms with van der Waals surface area (Å²) < 4.78 is 0. The van der Waals surface area contributed by atoms with E-state index in [-0.39, 0.29) is 36.2 Å². The lowest BCUT2D eigenvalue weighted by atomic mass is 9.95. The van der Waals surface area contributed by atoms with E-state index in [1.165, 1.54) is 17.3 Å². The zero-order chi connectivity index (χ0) is 30.4. The van der Waals surface area contributed by atoms with E-state index in [4.69, 9.17) is 0 Å². The highest BCUT2D eigenvalue weighted by Gasteiger charge is 2.29. The molecular weight excluding hydrogens is 532 g/mol. The first kappa shape index (κ1) is 33.2. The molecule has 0 spiro atoms. The second kappa shape index (κ2) is 16.9. The molecule has 1 aromatic rings. The van der Waals surface area contributed by atoms with Crippen molar-refractivity contribution in [3.63, 3.8) is 0 Å². The summed E-state index contributed by atoms with van der Waals surface area (Å²) in [4.78, 5) is 48.2. The SMILES string of the molecule is CCC(O)(CCNC(=O)C[C@@H](C)c1ccccc1)CN1C=N/C=C/C(NC(=O)CCN2CCN(C)CC2)C/C=C/C1=O. The molecule has 3 atom stereocenters. The summed E-state index contributed by atoms with van der Waals surface area (Å²) in [6.45, 7) is 8.93. The number of rotatable bonds is 13. The predicted octanol–water partition coefficient (Wildman–Crippen LogP) is 2.28. The van der Waals surface area contributed by atoms with Crippen LogP contribution in [0.4, 0.5) is 0 Å². The van der Waals surface area contributed by atoms with Crippen molar-refractivity contribution >= 4 is 24.1 Å². The number of nitrogens with zero attached hydrogens (tertiary/aromatic N) is 4. The fourth-order valence-corrected chi connectivity index (χ4v) is 5.02. The molecule has 2 heterocycles. The Morgan fingerprint density at radius 3 is 2.60 bits per heavy atom. The molecule has 10 heteroatoms. The third-order valence-corrected chi connectivity index (χ3v) is 8.04. The van der Waals surface area contributed by atoms with Crippen LogP contribution in [0.3, 0.4) is 0 Å². The molecule has 0 radical (unpaired) electrons. The summed E-state index contributed by atoms with van der Waals surface area (Å²) in [5.74, 6) is -0.313. The first-order chi connectivity index (χ1) is 20.2. The predicted molar refractivity (Wildman–Crippen MR) is 166 cm³/mol. The van der Waals surface area contributed by atoms with Crippen molar-refractivity contribution in [1.29, 1.82) is 0 Å². The van der Waals surface area contributed by atoms with Gasteiger partial charge in [-0.25, -0.2) is 4.99 Å². The molecule has 42 heavy (non-hydrogen) atoms. The number of hydrogen-bond donors (Lipinski definition) is 3. The fourth-order valence-electron chi connectivity index (χ4n) is 5.02. The van der Waals surface area contributed by atoms with Crippen LogP contribution in [0.2, 0.25) is 0 Å². The molecule has 10 nitrogen and oxygen atoms in total. The third-order valence-electron chi connectivity index (χ3n) is 8.04. The Kier molecular flexibility index (Phi) is 13.4. The van der Waals surface area contributed by atoms with E-state index in [0.29, 0.717) is 38.6 Å². The van der Waals surface area contributed by atoms with Crippen LogP contribution in [0.1, 0.15) is 57.4 Å². The van der Waals surface area contributed by atoms with Crippen molar-refractivity contribution in [1.82, 2.24) is 25.3 Å². The molecule has 230 valence electrons. The maximum absolute atomic E-state index is 12.9. The minimum Gasteiger partial charge on any atom is -0.388 e. The van der Waals surface area contributed by atoms with Crippen LogP contribution in [-0.4, -0.2) is 108 Å². The van der Waals surface area contributed by atoms with Gasteiger partial charge in [-0.1, -0.05) is 50.3 Å². The van der Waals surface area contributed by atoms with Gasteiger partial charge in [-0.15, -0.1) is 0 Å². The van der Waals surface area contributed by atoms with Crippen molar-refractivity contribution in [2.45, 2.75) is 63.5 Å². The number of likely N-dealkylation sites (N-methyl/N-ethyl adjacent to an activating group) is 1. The first-order valence-corrected chi connectivity index (χ1v) is 15.1. The summed E-state index contributed by atoms with van der Waals surface area (Å²) >= 11 is 0. The molecule has 0 aliphatic carbocycles. The van der Waals surface area contributed by atoms with Crippen molar-refractivity contribution in [2.75, 3.05) is 52.9 Å². The Balaban J connectivity index is 1.46. The topological polar surface area (TPSA) is 118 Å². The lowest BCUT2D eigenvalue weighted by Crippen LogP contribution is -2.46. The number of nitrogens with one attached hydrogen (secondary N) is 2. The van der Waals surface area contributed by atoms with Crippen LogP contribution in [0, 0.1) is 0 Å². The van der Waals surface area contributed by atoms with Crippen LogP contribution in [0.5, 0.6) is 0 Å². The quantitative estimate of drug-likeness (QED) is 0.330. The Hall–Kier alpha value is -3.34. The fraction of sp³-hybridized carbons (Fsp3) is 0.562. The molecule has 2 unspecified atom stereocenters. The molecular formula is C32H48N6O4. The number of hydrogen-bond acceptors (Lipinski definition) is 7. The molecule has 0 saturated carbocycles. The van der Waals surface area contributed by atoms with Crippen LogP contribution >= 0.6 is 0 Å². The van der Waals surface area contributed by atoms with Crippen molar-refractivity contribution in [3.8, 4) is 0 Å². The average molecular weight is 581 g/mol. The zero-order valence-electron chi connectivity index (χ0n) is 25.4. The first-order valence-electron chi connectivity index (χ1n) is 15.1. The second-order valence-corrected chi connectivity index (χ2v) is 11.5. The minimum atomic E-state index is -1.19. The third kappa shape index (κ3) is 11.5. The van der Waals surface area contributed by atoms with Gasteiger partial charge in [0.05, 0.1) is 24.5 Å². The van der Waals surface area contributed by atoms with Gasteiger partial charge in [0, 0.05) is 58.3 Å². The lowest BCUT2D eigenvalue weighted by Gasteiger charge is -2.32. The van der Waals surface area contributed by atoms with Gasteiger partial charge in [0.15, 0.2) is 0 Å². The van der Waals surface area contributed by atoms with E-state index in [9.17, 15) is 19.5 Å². The number of carbonyl (C=O) groups is 3. The zero-order valence-corrected chi connectivity index (χ0v) is 25.4. The van der Waals surface area contributed by atoms with E-state index in [2.05, 4.69) is 32.5 Å². The van der Waals surface area contributed by atoms with Gasteiger partial charge < -0.3 is 25.5 Å². The van der Waals surface area contributed by atoms with Crippen LogP contribution in [0.15, 0.2) is 59.8 Å². The van der Waals surface area contributed by atoms with Crippen LogP contribution < -0.4 is 10.6 Å². The van der Waals surface area contributed by atoms with E-state index < -0.39 is 5.60 Å². The lowest BCUT2D eigenvalue weighted by molar-refractivity contribution is -0.125. The smallest absolute Gasteiger partial charge is 0.251 e. The Morgan fingerprint density at radius 1 is 1.14 bits per heavy atom. The summed E-state index contributed by atoms with van der Waals surface area (Å²) in [6.07, 6.45) is 9.93. The van der Waals surface area contributed by atoms with Gasteiger partial charge >= 0.3 is 0 Å². The average Bonchev–Trinajstić information content (AvgIpc) is 2.98. The van der Waals surface area contributed by atoms with Crippen LogP contribution in [-0.2, 0) is 14.4 Å². The number of piperazine rings is 1. The Bertz CT molecular complexity index is 1100. The van der Waals surface area contributed by atoms with E-state index in [0.717, 1.165) is 38.3 Å². The second-order valence-electron chi connectivity index (χ2n) is 11.5. The Morgan fingerprint density at radius 2 is 1.88 bits per heavy atom. The highest BCUT2D eigenvalue weighted by Crippen LogP contribution is 2.19. The molecule has 1 aromatic carbocycles. The number of amides is 3. The number of β-amino-alcohol motifs (C(OH)–C–C–N with tert-alkyl or cyclic N) is 1. The van der Waals surface area contributed by atoms with Crippen molar-refractivity contribution in [3.05, 3.63) is 60.3 Å². The number of benzene rings is 1. The summed E-state index contributed by atoms with van der Waals surface area (Å²) in [5.41, 5.74) is -0.0848. The normalized spacial score (nSPS) is 22.1. The van der Waals surface area contributed by atoms with Gasteiger partial charge in [-0.05, 0) is 49.9 Å². The molecule has 1 saturated heterocycles. The molecule has 2 aliphatic rings. The van der Waals surface area contributed by atoms with Crippen molar-refractivity contribution in [2.24, 2.45) is 4.99 Å². The van der Waals surface area contributed by atoms with E-state index in [1.54, 1.807) is 18.4 Å². The van der Waals surface area contributed by atoms with Gasteiger partial charge in [-0.3, -0.25) is 19.3 Å². The molecule has 2 aliphatic heterocycles. The monoisotopic (exact) mass is 580 g/mol. The van der Waals surface area contributed by atoms with Crippen molar-refractivity contribution < 1.29 is 19.5 Å². The highest BCUT2D eigenvalue weighted by atomic mass is 16.3. The molecule has 3 rings (SSSR count). The van der Waals surface area contributed by atoms with Gasteiger partial charge in [0.25, 0.3) is 5.91 Å². The summed E-state index contributed by atoms with van der Waals surface area (Å²) in [5, 5.41) is 17.2.